The fraction of sp³-hybridized carbons (Fsp3) is 0.500. The molecule has 1 aromatic carbocycles. The number of nitrogens with one attached hydrogen (secondary N) is 1. The second kappa shape index (κ2) is 5.87. The standard InChI is InChI=1S/C14H20N2O2/c1-2-11-5-3-6-12(9-11)15-14(18)16-8-4-7-13(17)10-16/h3,5-6,9,13,17H,2,4,7-8,10H2,1H3,(H,15,18). The van der Waals surface area contributed by atoms with E-state index < -0.39 is 0 Å². The number of carbonyl (C=O) groups excluding carboxylic acids is 1. The van der Waals surface area contributed by atoms with Gasteiger partial charge in [0.05, 0.1) is 6.10 Å². The molecule has 0 aromatic heterocycles. The zero-order valence-electron chi connectivity index (χ0n) is 10.7. The summed E-state index contributed by atoms with van der Waals surface area (Å²) in [7, 11) is 0. The summed E-state index contributed by atoms with van der Waals surface area (Å²) >= 11 is 0. The Labute approximate surface area is 108 Å². The summed E-state index contributed by atoms with van der Waals surface area (Å²) in [5, 5.41) is 12.4. The minimum absolute atomic E-state index is 0.123. The maximum absolute atomic E-state index is 12.0. The van der Waals surface area contributed by atoms with Crippen molar-refractivity contribution in [2.24, 2.45) is 0 Å². The average molecular weight is 248 g/mol. The Balaban J connectivity index is 1.97. The number of aliphatic hydroxyl groups is 1. The number of aliphatic hydroxyl groups excluding tert-OH is 1. The van der Waals surface area contributed by atoms with Crippen LogP contribution in [0, 0.1) is 0 Å². The number of nitrogens with zero attached hydrogens (tertiary/aromatic N) is 1. The molecule has 0 saturated carbocycles. The number of likely N-dealkylation sites (tertiary alicyclic amines) is 1. The van der Waals surface area contributed by atoms with Crippen molar-refractivity contribution in [3.8, 4) is 0 Å². The topological polar surface area (TPSA) is 52.6 Å². The van der Waals surface area contributed by atoms with Crippen molar-refractivity contribution in [1.82, 2.24) is 4.90 Å². The average Bonchev–Trinajstić information content (AvgIpc) is 2.39. The molecule has 0 radical (unpaired) electrons. The second-order valence-corrected chi connectivity index (χ2v) is 4.73. The fourth-order valence-electron chi connectivity index (χ4n) is 2.21. The van der Waals surface area contributed by atoms with E-state index in [1.54, 1.807) is 4.90 Å². The first-order valence-corrected chi connectivity index (χ1v) is 6.52. The second-order valence-electron chi connectivity index (χ2n) is 4.73. The zero-order chi connectivity index (χ0) is 13.0. The Morgan fingerprint density at radius 2 is 2.39 bits per heavy atom. The molecule has 1 heterocycles. The maximum Gasteiger partial charge on any atom is 0.321 e. The molecule has 18 heavy (non-hydrogen) atoms. The van der Waals surface area contributed by atoms with E-state index in [1.165, 1.54) is 5.56 Å². The molecule has 1 fully saturated rings. The molecule has 2 rings (SSSR count). The number of anilines is 1. The number of carbonyl (C=O) groups is 1. The number of rotatable bonds is 2. The Bertz CT molecular complexity index is 420. The van der Waals surface area contributed by atoms with Gasteiger partial charge in [0, 0.05) is 18.8 Å². The maximum atomic E-state index is 12.0. The molecule has 2 N–H and O–H groups in total. The van der Waals surface area contributed by atoms with Gasteiger partial charge in [0.1, 0.15) is 0 Å². The first-order valence-electron chi connectivity index (χ1n) is 6.52. The number of amides is 2. The van der Waals surface area contributed by atoms with E-state index >= 15 is 0 Å². The van der Waals surface area contributed by atoms with Gasteiger partial charge in [0.2, 0.25) is 0 Å². The molecule has 1 saturated heterocycles. The van der Waals surface area contributed by atoms with Crippen LogP contribution in [0.25, 0.3) is 0 Å². The van der Waals surface area contributed by atoms with Crippen molar-refractivity contribution in [1.29, 1.82) is 0 Å². The van der Waals surface area contributed by atoms with E-state index in [0.29, 0.717) is 6.54 Å². The third-order valence-corrected chi connectivity index (χ3v) is 3.27. The molecule has 4 nitrogen and oxygen atoms in total. The van der Waals surface area contributed by atoms with Gasteiger partial charge in [-0.3, -0.25) is 0 Å². The van der Waals surface area contributed by atoms with Gasteiger partial charge < -0.3 is 15.3 Å². The highest BCUT2D eigenvalue weighted by Crippen LogP contribution is 2.14. The van der Waals surface area contributed by atoms with Crippen LogP contribution in [0.1, 0.15) is 25.3 Å². The van der Waals surface area contributed by atoms with Gasteiger partial charge in [0.15, 0.2) is 0 Å². The van der Waals surface area contributed by atoms with Gasteiger partial charge in [0.25, 0.3) is 0 Å². The first kappa shape index (κ1) is 12.9. The molecule has 2 amide bonds. The van der Waals surface area contributed by atoms with Crippen molar-refractivity contribution >= 4 is 11.7 Å². The molecule has 1 aromatic rings. The summed E-state index contributed by atoms with van der Waals surface area (Å²) in [5.41, 5.74) is 2.02. The molecule has 1 atom stereocenters. The van der Waals surface area contributed by atoms with Gasteiger partial charge in [-0.25, -0.2) is 4.79 Å². The van der Waals surface area contributed by atoms with Crippen LogP contribution in [0.4, 0.5) is 10.5 Å². The largest absolute Gasteiger partial charge is 0.391 e. The number of aryl methyl sites for hydroxylation is 1. The highest BCUT2D eigenvalue weighted by Gasteiger charge is 2.21. The lowest BCUT2D eigenvalue weighted by Crippen LogP contribution is -2.44. The minimum Gasteiger partial charge on any atom is -0.391 e. The van der Waals surface area contributed by atoms with Crippen LogP contribution in [0.5, 0.6) is 0 Å². The lowest BCUT2D eigenvalue weighted by atomic mass is 10.1. The number of β-amino-alcohol motifs (C(OH)–C–C–N with tert-alkyl or cyclic N) is 1. The minimum atomic E-state index is -0.383. The van der Waals surface area contributed by atoms with Crippen LogP contribution in [0.3, 0.4) is 0 Å². The third-order valence-electron chi connectivity index (χ3n) is 3.27. The lowest BCUT2D eigenvalue weighted by Gasteiger charge is -2.30. The van der Waals surface area contributed by atoms with Gasteiger partial charge in [-0.05, 0) is 37.0 Å². The van der Waals surface area contributed by atoms with Crippen LogP contribution >= 0.6 is 0 Å². The van der Waals surface area contributed by atoms with Gasteiger partial charge in [-0.2, -0.15) is 0 Å². The summed E-state index contributed by atoms with van der Waals surface area (Å²) in [5.74, 6) is 0. The monoisotopic (exact) mass is 248 g/mol. The fourth-order valence-corrected chi connectivity index (χ4v) is 2.21. The highest BCUT2D eigenvalue weighted by molar-refractivity contribution is 5.89. The van der Waals surface area contributed by atoms with Crippen LogP contribution in [-0.4, -0.2) is 35.2 Å². The Hall–Kier alpha value is -1.55. The SMILES string of the molecule is CCc1cccc(NC(=O)N2CCCC(O)C2)c1. The van der Waals surface area contributed by atoms with E-state index in [4.69, 9.17) is 0 Å². The Morgan fingerprint density at radius 1 is 1.56 bits per heavy atom. The smallest absolute Gasteiger partial charge is 0.321 e. The third kappa shape index (κ3) is 3.23. The van der Waals surface area contributed by atoms with Crippen molar-refractivity contribution < 1.29 is 9.90 Å². The predicted octanol–water partition coefficient (Wildman–Crippen LogP) is 2.24. The normalized spacial score (nSPS) is 19.7. The molecule has 4 heteroatoms. The lowest BCUT2D eigenvalue weighted by molar-refractivity contribution is 0.0883. The highest BCUT2D eigenvalue weighted by atomic mass is 16.3. The van der Waals surface area contributed by atoms with E-state index in [0.717, 1.165) is 31.5 Å². The summed E-state index contributed by atoms with van der Waals surface area (Å²) in [4.78, 5) is 13.7. The summed E-state index contributed by atoms with van der Waals surface area (Å²) < 4.78 is 0. The predicted molar refractivity (Wildman–Crippen MR) is 71.7 cm³/mol. The molecule has 1 aliphatic heterocycles. The molecular weight excluding hydrogens is 228 g/mol. The number of urea groups is 1. The van der Waals surface area contributed by atoms with E-state index in [9.17, 15) is 9.90 Å². The van der Waals surface area contributed by atoms with E-state index in [1.807, 2.05) is 24.3 Å². The van der Waals surface area contributed by atoms with Crippen molar-refractivity contribution in [2.45, 2.75) is 32.3 Å². The van der Waals surface area contributed by atoms with Crippen molar-refractivity contribution in [2.75, 3.05) is 18.4 Å². The Kier molecular flexibility index (Phi) is 4.20. The summed E-state index contributed by atoms with van der Waals surface area (Å²) in [6.45, 7) is 3.23. The summed E-state index contributed by atoms with van der Waals surface area (Å²) in [6.07, 6.45) is 2.22. The van der Waals surface area contributed by atoms with Crippen LogP contribution < -0.4 is 5.32 Å². The van der Waals surface area contributed by atoms with Gasteiger partial charge in [-0.15, -0.1) is 0 Å². The number of benzene rings is 1. The van der Waals surface area contributed by atoms with Crippen LogP contribution in [0.2, 0.25) is 0 Å². The van der Waals surface area contributed by atoms with Crippen LogP contribution in [-0.2, 0) is 6.42 Å². The molecule has 0 aliphatic carbocycles. The van der Waals surface area contributed by atoms with Crippen LogP contribution in [0.15, 0.2) is 24.3 Å². The van der Waals surface area contributed by atoms with E-state index in [-0.39, 0.29) is 12.1 Å². The quantitative estimate of drug-likeness (QED) is 0.843. The van der Waals surface area contributed by atoms with Gasteiger partial charge in [-0.1, -0.05) is 19.1 Å². The molecule has 1 aliphatic rings. The number of piperidine rings is 1. The molecule has 0 spiro atoms. The summed E-state index contributed by atoms with van der Waals surface area (Å²) in [6, 6.07) is 7.73. The van der Waals surface area contributed by atoms with E-state index in [2.05, 4.69) is 12.2 Å². The van der Waals surface area contributed by atoms with Crippen molar-refractivity contribution in [3.63, 3.8) is 0 Å². The number of hydrogen-bond donors (Lipinski definition) is 2. The zero-order valence-corrected chi connectivity index (χ0v) is 10.7. The molecule has 0 bridgehead atoms. The first-order chi connectivity index (χ1) is 8.69. The molecular formula is C14H20N2O2. The number of hydrogen-bond acceptors (Lipinski definition) is 2. The van der Waals surface area contributed by atoms with Gasteiger partial charge >= 0.3 is 6.03 Å². The van der Waals surface area contributed by atoms with Crippen molar-refractivity contribution in [3.05, 3.63) is 29.8 Å². The Morgan fingerprint density at radius 3 is 3.11 bits per heavy atom. The molecule has 98 valence electrons. The molecule has 1 unspecified atom stereocenters.